The van der Waals surface area contributed by atoms with Gasteiger partial charge in [0.05, 0.1) is 11.4 Å². The smallest absolute Gasteiger partial charge is 0.317 e. The molecule has 0 atom stereocenters. The van der Waals surface area contributed by atoms with Crippen molar-refractivity contribution in [2.24, 2.45) is 0 Å². The van der Waals surface area contributed by atoms with Gasteiger partial charge in [0.2, 0.25) is 0 Å². The summed E-state index contributed by atoms with van der Waals surface area (Å²) in [6.07, 6.45) is 7.63. The average Bonchev–Trinajstić information content (AvgIpc) is 2.97. The second-order valence-electron chi connectivity index (χ2n) is 9.29. The van der Waals surface area contributed by atoms with Crippen LogP contribution >= 0.6 is 0 Å². The summed E-state index contributed by atoms with van der Waals surface area (Å²) in [5, 5.41) is 14.7. The molecular weight excluding hydrogens is 404 g/mol. The summed E-state index contributed by atoms with van der Waals surface area (Å²) in [7, 11) is 0. The predicted octanol–water partition coefficient (Wildman–Crippen LogP) is 3.50. The van der Waals surface area contributed by atoms with E-state index < -0.39 is 0 Å². The third-order valence-electron chi connectivity index (χ3n) is 6.47. The summed E-state index contributed by atoms with van der Waals surface area (Å²) in [4.78, 5) is 27.2. The van der Waals surface area contributed by atoms with Gasteiger partial charge in [-0.05, 0) is 57.2 Å². The molecule has 2 aromatic rings. The first kappa shape index (κ1) is 22.3. The highest BCUT2D eigenvalue weighted by Gasteiger charge is 2.26. The van der Waals surface area contributed by atoms with Crippen LogP contribution in [-0.4, -0.2) is 50.5 Å². The maximum Gasteiger partial charge on any atom is 0.317 e. The number of carbonyl (C=O) groups excluding carboxylic acids is 2. The Balaban J connectivity index is 1.52. The monoisotopic (exact) mass is 438 g/mol. The van der Waals surface area contributed by atoms with Crippen molar-refractivity contribution >= 4 is 11.9 Å². The van der Waals surface area contributed by atoms with E-state index >= 15 is 0 Å². The van der Waals surface area contributed by atoms with Gasteiger partial charge >= 0.3 is 6.03 Å². The van der Waals surface area contributed by atoms with E-state index in [1.807, 2.05) is 37.8 Å². The van der Waals surface area contributed by atoms with Gasteiger partial charge < -0.3 is 15.5 Å². The molecule has 172 valence electrons. The Morgan fingerprint density at radius 3 is 2.59 bits per heavy atom. The Labute approximate surface area is 189 Å². The number of fused-ring (bicyclic) bond motifs is 1. The molecule has 8 nitrogen and oxygen atoms in total. The molecule has 2 aliphatic rings. The van der Waals surface area contributed by atoms with Crippen LogP contribution in [0.15, 0.2) is 18.2 Å². The fourth-order valence-corrected chi connectivity index (χ4v) is 4.74. The summed E-state index contributed by atoms with van der Waals surface area (Å²) >= 11 is 0. The molecule has 0 bridgehead atoms. The highest BCUT2D eigenvalue weighted by atomic mass is 16.2. The highest BCUT2D eigenvalue weighted by molar-refractivity contribution is 5.93. The zero-order chi connectivity index (χ0) is 22.7. The lowest BCUT2D eigenvalue weighted by Crippen LogP contribution is -2.45. The van der Waals surface area contributed by atoms with Crippen molar-refractivity contribution in [2.45, 2.75) is 84.3 Å². The molecule has 3 amide bonds. The van der Waals surface area contributed by atoms with Crippen LogP contribution in [0.5, 0.6) is 0 Å². The predicted molar refractivity (Wildman–Crippen MR) is 123 cm³/mol. The first-order valence-corrected chi connectivity index (χ1v) is 11.8. The van der Waals surface area contributed by atoms with Gasteiger partial charge in [0.15, 0.2) is 5.69 Å². The number of rotatable bonds is 4. The average molecular weight is 439 g/mol. The van der Waals surface area contributed by atoms with Crippen LogP contribution in [0.25, 0.3) is 5.69 Å². The Kier molecular flexibility index (Phi) is 6.77. The normalized spacial score (nSPS) is 17.1. The van der Waals surface area contributed by atoms with E-state index in [2.05, 4.69) is 27.0 Å². The molecule has 0 saturated heterocycles. The number of nitrogens with zero attached hydrogens (tertiary/aromatic N) is 4. The summed E-state index contributed by atoms with van der Waals surface area (Å²) in [5.74, 6) is -0.137. The molecule has 4 rings (SSSR count). The zero-order valence-electron chi connectivity index (χ0n) is 19.4. The van der Waals surface area contributed by atoms with E-state index in [1.165, 1.54) is 25.7 Å². The van der Waals surface area contributed by atoms with Gasteiger partial charge in [-0.3, -0.25) is 4.79 Å². The van der Waals surface area contributed by atoms with Gasteiger partial charge in [0, 0.05) is 25.2 Å². The Morgan fingerprint density at radius 2 is 1.88 bits per heavy atom. The Morgan fingerprint density at radius 1 is 1.12 bits per heavy atom. The second kappa shape index (κ2) is 9.71. The molecule has 0 radical (unpaired) electrons. The van der Waals surface area contributed by atoms with Crippen molar-refractivity contribution in [3.63, 3.8) is 0 Å². The molecule has 0 unspecified atom stereocenters. The van der Waals surface area contributed by atoms with Crippen LogP contribution < -0.4 is 10.6 Å². The number of nitrogens with one attached hydrogen (secondary N) is 2. The molecule has 1 saturated carbocycles. The molecule has 1 aromatic carbocycles. The van der Waals surface area contributed by atoms with Crippen LogP contribution in [0.1, 0.15) is 79.7 Å². The number of hydrogen-bond donors (Lipinski definition) is 2. The molecule has 32 heavy (non-hydrogen) atoms. The number of carbonyl (C=O) groups is 2. The standard InChI is InChI=1S/C24H34N6O2/c1-16(2)25-24(32)29-14-13-20-18(15-29)9-8-12-21(20)30-17(3)22(27-28-30)23(31)26-19-10-6-4-5-7-11-19/h8-9,12,16,19H,4-7,10-11,13-15H2,1-3H3,(H,25,32)(H,26,31). The highest BCUT2D eigenvalue weighted by Crippen LogP contribution is 2.26. The number of aromatic nitrogens is 3. The molecular formula is C24H34N6O2. The van der Waals surface area contributed by atoms with Gasteiger partial charge in [-0.15, -0.1) is 5.10 Å². The minimum absolute atomic E-state index is 0.0366. The van der Waals surface area contributed by atoms with Crippen molar-refractivity contribution in [1.82, 2.24) is 30.5 Å². The van der Waals surface area contributed by atoms with Gasteiger partial charge in [-0.2, -0.15) is 0 Å². The van der Waals surface area contributed by atoms with Crippen molar-refractivity contribution < 1.29 is 9.59 Å². The van der Waals surface area contributed by atoms with Crippen molar-refractivity contribution in [2.75, 3.05) is 6.54 Å². The summed E-state index contributed by atoms with van der Waals surface area (Å²) in [5.41, 5.74) is 4.33. The summed E-state index contributed by atoms with van der Waals surface area (Å²) < 4.78 is 1.77. The van der Waals surface area contributed by atoms with E-state index in [4.69, 9.17) is 0 Å². The summed E-state index contributed by atoms with van der Waals surface area (Å²) in [6.45, 7) is 7.03. The Hall–Kier alpha value is -2.90. The maximum atomic E-state index is 12.9. The van der Waals surface area contributed by atoms with Crippen LogP contribution in [0.2, 0.25) is 0 Å². The van der Waals surface area contributed by atoms with E-state index in [1.54, 1.807) is 4.68 Å². The third kappa shape index (κ3) is 4.79. The van der Waals surface area contributed by atoms with Crippen LogP contribution in [-0.2, 0) is 13.0 Å². The zero-order valence-corrected chi connectivity index (χ0v) is 19.4. The van der Waals surface area contributed by atoms with E-state index in [0.717, 1.165) is 41.8 Å². The Bertz CT molecular complexity index is 975. The first-order valence-electron chi connectivity index (χ1n) is 11.8. The van der Waals surface area contributed by atoms with Crippen molar-refractivity contribution in [3.05, 3.63) is 40.7 Å². The molecule has 0 spiro atoms. The molecule has 1 aliphatic heterocycles. The first-order chi connectivity index (χ1) is 15.4. The van der Waals surface area contributed by atoms with Gasteiger partial charge in [0.1, 0.15) is 0 Å². The van der Waals surface area contributed by atoms with Crippen LogP contribution in [0.3, 0.4) is 0 Å². The molecule has 1 aliphatic carbocycles. The molecule has 8 heteroatoms. The fourth-order valence-electron chi connectivity index (χ4n) is 4.74. The fraction of sp³-hybridized carbons (Fsp3) is 0.583. The number of benzene rings is 1. The quantitative estimate of drug-likeness (QED) is 0.715. The van der Waals surface area contributed by atoms with Gasteiger partial charge in [-0.1, -0.05) is 43.0 Å². The number of urea groups is 1. The lowest BCUT2D eigenvalue weighted by Gasteiger charge is -2.30. The maximum absolute atomic E-state index is 12.9. The van der Waals surface area contributed by atoms with Gasteiger partial charge in [-0.25, -0.2) is 9.48 Å². The lowest BCUT2D eigenvalue weighted by atomic mass is 9.98. The number of amides is 3. The third-order valence-corrected chi connectivity index (χ3v) is 6.47. The van der Waals surface area contributed by atoms with Gasteiger partial charge in [0.25, 0.3) is 5.91 Å². The minimum atomic E-state index is -0.137. The van der Waals surface area contributed by atoms with Crippen LogP contribution in [0.4, 0.5) is 4.79 Å². The summed E-state index contributed by atoms with van der Waals surface area (Å²) in [6, 6.07) is 6.34. The second-order valence-corrected chi connectivity index (χ2v) is 9.29. The lowest BCUT2D eigenvalue weighted by molar-refractivity contribution is 0.0927. The largest absolute Gasteiger partial charge is 0.348 e. The molecule has 2 heterocycles. The van der Waals surface area contributed by atoms with Crippen LogP contribution in [0, 0.1) is 6.92 Å². The molecule has 1 aromatic heterocycles. The van der Waals surface area contributed by atoms with Crippen molar-refractivity contribution in [3.8, 4) is 5.69 Å². The van der Waals surface area contributed by atoms with E-state index in [-0.39, 0.29) is 24.0 Å². The van der Waals surface area contributed by atoms with E-state index in [9.17, 15) is 9.59 Å². The topological polar surface area (TPSA) is 92.2 Å². The SMILES string of the molecule is Cc1c(C(=O)NC2CCCCCC2)nnn1-c1cccc2c1CCN(C(=O)NC(C)C)C2. The number of hydrogen-bond acceptors (Lipinski definition) is 4. The molecule has 2 N–H and O–H groups in total. The minimum Gasteiger partial charge on any atom is -0.348 e. The van der Waals surface area contributed by atoms with E-state index in [0.29, 0.717) is 18.8 Å². The van der Waals surface area contributed by atoms with Crippen molar-refractivity contribution in [1.29, 1.82) is 0 Å². The molecule has 1 fully saturated rings.